The van der Waals surface area contributed by atoms with Crippen molar-refractivity contribution in [2.75, 3.05) is 16.5 Å². The molecule has 0 bridgehead atoms. The molecule has 0 spiro atoms. The summed E-state index contributed by atoms with van der Waals surface area (Å²) in [5.41, 5.74) is 3.29. The van der Waals surface area contributed by atoms with Crippen LogP contribution < -0.4 is 16.5 Å². The van der Waals surface area contributed by atoms with Crippen LogP contribution in [0.25, 0.3) is 11.4 Å². The normalized spacial score (nSPS) is 11.7. The minimum atomic E-state index is -0.442. The summed E-state index contributed by atoms with van der Waals surface area (Å²) in [6.45, 7) is 5.22. The number of carbonyl (C=O) groups excluding carboxylic acids is 2. The molecule has 0 aliphatic heterocycles. The van der Waals surface area contributed by atoms with Gasteiger partial charge in [-0.3, -0.25) is 9.59 Å². The van der Waals surface area contributed by atoms with Crippen molar-refractivity contribution in [1.29, 1.82) is 0 Å². The minimum Gasteiger partial charge on any atom is -0.335 e. The van der Waals surface area contributed by atoms with E-state index in [1.807, 2.05) is 31.2 Å². The molecule has 0 saturated carbocycles. The van der Waals surface area contributed by atoms with Gasteiger partial charge in [0.15, 0.2) is 5.82 Å². The molecule has 1 heterocycles. The van der Waals surface area contributed by atoms with Crippen molar-refractivity contribution in [1.82, 2.24) is 14.9 Å². The van der Waals surface area contributed by atoms with Gasteiger partial charge in [-0.15, -0.1) is 10.2 Å². The third-order valence-corrected chi connectivity index (χ3v) is 5.16. The van der Waals surface area contributed by atoms with Crippen LogP contribution in [-0.4, -0.2) is 31.9 Å². The second kappa shape index (κ2) is 8.78. The van der Waals surface area contributed by atoms with E-state index in [0.29, 0.717) is 22.4 Å². The van der Waals surface area contributed by atoms with Crippen molar-refractivity contribution in [2.24, 2.45) is 0 Å². The van der Waals surface area contributed by atoms with Gasteiger partial charge in [-0.2, -0.15) is 0 Å². The van der Waals surface area contributed by atoms with Gasteiger partial charge < -0.3 is 16.5 Å². The number of nitrogens with zero attached hydrogens (tertiary/aromatic N) is 3. The second-order valence-electron chi connectivity index (χ2n) is 6.55. The Morgan fingerprint density at radius 3 is 2.17 bits per heavy atom. The molecule has 150 valence electrons. The standard InChI is InChI=1S/C20H22N6O2S/c1-12-4-6-15(7-5-12)18-24-25-20(26(18)21)29-13(2)19(28)23-17-10-8-16(9-11-17)22-14(3)27/h4-11,13H,21H2,1-3H3,(H,22,27)(H,23,28)/t13-/m0/s1. The Balaban J connectivity index is 1.64. The van der Waals surface area contributed by atoms with Gasteiger partial charge in [0.25, 0.3) is 0 Å². The fourth-order valence-electron chi connectivity index (χ4n) is 2.55. The number of benzene rings is 2. The molecule has 0 unspecified atom stereocenters. The van der Waals surface area contributed by atoms with Crippen molar-refractivity contribution < 1.29 is 9.59 Å². The maximum Gasteiger partial charge on any atom is 0.237 e. The number of hydrogen-bond acceptors (Lipinski definition) is 6. The van der Waals surface area contributed by atoms with Gasteiger partial charge in [0.05, 0.1) is 5.25 Å². The Morgan fingerprint density at radius 1 is 1.00 bits per heavy atom. The number of anilines is 2. The molecule has 0 fully saturated rings. The van der Waals surface area contributed by atoms with Crippen molar-refractivity contribution in [3.05, 3.63) is 54.1 Å². The van der Waals surface area contributed by atoms with E-state index in [4.69, 9.17) is 5.84 Å². The van der Waals surface area contributed by atoms with Gasteiger partial charge in [0, 0.05) is 23.9 Å². The lowest BCUT2D eigenvalue weighted by atomic mass is 10.1. The van der Waals surface area contributed by atoms with Gasteiger partial charge >= 0.3 is 0 Å². The van der Waals surface area contributed by atoms with Crippen LogP contribution >= 0.6 is 11.8 Å². The average molecular weight is 411 g/mol. The highest BCUT2D eigenvalue weighted by molar-refractivity contribution is 8.00. The zero-order valence-electron chi connectivity index (χ0n) is 16.3. The molecule has 8 nitrogen and oxygen atoms in total. The first-order valence-electron chi connectivity index (χ1n) is 8.96. The van der Waals surface area contributed by atoms with Crippen LogP contribution in [0.2, 0.25) is 0 Å². The molecule has 9 heteroatoms. The summed E-state index contributed by atoms with van der Waals surface area (Å²) in [6.07, 6.45) is 0. The Morgan fingerprint density at radius 2 is 1.59 bits per heavy atom. The quantitative estimate of drug-likeness (QED) is 0.425. The number of hydrogen-bond donors (Lipinski definition) is 3. The van der Waals surface area contributed by atoms with Crippen LogP contribution in [0.15, 0.2) is 53.7 Å². The number of amides is 2. The zero-order valence-corrected chi connectivity index (χ0v) is 17.2. The van der Waals surface area contributed by atoms with Crippen LogP contribution in [-0.2, 0) is 9.59 Å². The Hall–Kier alpha value is -3.33. The third kappa shape index (κ3) is 5.14. The molecule has 0 aliphatic carbocycles. The SMILES string of the molecule is CC(=O)Nc1ccc(NC(=O)[C@H](C)Sc2nnc(-c3ccc(C)cc3)n2N)cc1. The van der Waals surface area contributed by atoms with Crippen molar-refractivity contribution >= 4 is 35.0 Å². The van der Waals surface area contributed by atoms with E-state index in [1.54, 1.807) is 31.2 Å². The van der Waals surface area contributed by atoms with E-state index in [0.717, 1.165) is 11.1 Å². The summed E-state index contributed by atoms with van der Waals surface area (Å²) in [5.74, 6) is 6.33. The highest BCUT2D eigenvalue weighted by atomic mass is 32.2. The topological polar surface area (TPSA) is 115 Å². The fraction of sp³-hybridized carbons (Fsp3) is 0.200. The molecule has 2 aromatic carbocycles. The van der Waals surface area contributed by atoms with Gasteiger partial charge in [0.1, 0.15) is 0 Å². The number of nitrogens with one attached hydrogen (secondary N) is 2. The Labute approximate surface area is 172 Å². The number of thioether (sulfide) groups is 1. The number of nitrogen functional groups attached to an aromatic ring is 1. The summed E-state index contributed by atoms with van der Waals surface area (Å²) in [6, 6.07) is 14.7. The molecule has 0 aliphatic rings. The number of aryl methyl sites for hydroxylation is 1. The minimum absolute atomic E-state index is 0.150. The Bertz CT molecular complexity index is 1010. The molecular formula is C20H22N6O2S. The van der Waals surface area contributed by atoms with Crippen molar-refractivity contribution in [2.45, 2.75) is 31.2 Å². The zero-order chi connectivity index (χ0) is 21.0. The van der Waals surface area contributed by atoms with E-state index >= 15 is 0 Å². The molecule has 3 rings (SSSR count). The van der Waals surface area contributed by atoms with Crippen molar-refractivity contribution in [3.8, 4) is 11.4 Å². The second-order valence-corrected chi connectivity index (χ2v) is 7.86. The molecule has 0 saturated heterocycles. The van der Waals surface area contributed by atoms with Crippen molar-refractivity contribution in [3.63, 3.8) is 0 Å². The number of carbonyl (C=O) groups is 2. The first-order chi connectivity index (χ1) is 13.8. The van der Waals surface area contributed by atoms with Gasteiger partial charge in [-0.1, -0.05) is 41.6 Å². The van der Waals surface area contributed by atoms with Gasteiger partial charge in [0.2, 0.25) is 17.0 Å². The number of nitrogens with two attached hydrogens (primary N) is 1. The smallest absolute Gasteiger partial charge is 0.237 e. The lowest BCUT2D eigenvalue weighted by Crippen LogP contribution is -2.23. The average Bonchev–Trinajstić information content (AvgIpc) is 3.04. The molecule has 3 aromatic rings. The van der Waals surface area contributed by atoms with Crippen LogP contribution in [0.4, 0.5) is 11.4 Å². The highest BCUT2D eigenvalue weighted by Gasteiger charge is 2.20. The van der Waals surface area contributed by atoms with E-state index in [1.165, 1.54) is 23.4 Å². The van der Waals surface area contributed by atoms with E-state index < -0.39 is 5.25 Å². The molecule has 2 amide bonds. The van der Waals surface area contributed by atoms with Crippen LogP contribution in [0, 0.1) is 6.92 Å². The van der Waals surface area contributed by atoms with Crippen LogP contribution in [0.1, 0.15) is 19.4 Å². The van der Waals surface area contributed by atoms with E-state index in [9.17, 15) is 9.59 Å². The first kappa shape index (κ1) is 20.4. The molecular weight excluding hydrogens is 388 g/mol. The maximum atomic E-state index is 12.5. The summed E-state index contributed by atoms with van der Waals surface area (Å²) in [4.78, 5) is 23.6. The summed E-state index contributed by atoms with van der Waals surface area (Å²) < 4.78 is 1.39. The Kier molecular flexibility index (Phi) is 6.18. The van der Waals surface area contributed by atoms with Gasteiger partial charge in [-0.25, -0.2) is 4.68 Å². The molecule has 0 radical (unpaired) electrons. The summed E-state index contributed by atoms with van der Waals surface area (Å²) >= 11 is 1.22. The summed E-state index contributed by atoms with van der Waals surface area (Å²) in [7, 11) is 0. The molecule has 1 atom stereocenters. The summed E-state index contributed by atoms with van der Waals surface area (Å²) in [5, 5.41) is 13.8. The van der Waals surface area contributed by atoms with Crippen LogP contribution in [0.5, 0.6) is 0 Å². The third-order valence-electron chi connectivity index (χ3n) is 4.10. The number of rotatable bonds is 6. The highest BCUT2D eigenvalue weighted by Crippen LogP contribution is 2.26. The monoisotopic (exact) mass is 410 g/mol. The predicted molar refractivity (Wildman–Crippen MR) is 115 cm³/mol. The first-order valence-corrected chi connectivity index (χ1v) is 9.84. The number of aromatic nitrogens is 3. The lowest BCUT2D eigenvalue weighted by Gasteiger charge is -2.12. The van der Waals surface area contributed by atoms with Crippen LogP contribution in [0.3, 0.4) is 0 Å². The molecule has 29 heavy (non-hydrogen) atoms. The molecule has 4 N–H and O–H groups in total. The lowest BCUT2D eigenvalue weighted by molar-refractivity contribution is -0.115. The van der Waals surface area contributed by atoms with Gasteiger partial charge in [-0.05, 0) is 38.1 Å². The fourth-order valence-corrected chi connectivity index (χ4v) is 3.32. The maximum absolute atomic E-state index is 12.5. The molecule has 1 aromatic heterocycles. The van der Waals surface area contributed by atoms with E-state index in [-0.39, 0.29) is 11.8 Å². The van der Waals surface area contributed by atoms with E-state index in [2.05, 4.69) is 20.8 Å². The largest absolute Gasteiger partial charge is 0.335 e. The predicted octanol–water partition coefficient (Wildman–Crippen LogP) is 3.05.